The SMILES string of the molecule is O=C1/C(=C/c2ccccn2)CC/C1=C\c1ccccn1. The molecule has 2 aromatic heterocycles. The van der Waals surface area contributed by atoms with Gasteiger partial charge in [-0.2, -0.15) is 0 Å². The van der Waals surface area contributed by atoms with Crippen molar-refractivity contribution in [1.82, 2.24) is 9.97 Å². The Labute approximate surface area is 117 Å². The van der Waals surface area contributed by atoms with Crippen LogP contribution in [0.5, 0.6) is 0 Å². The molecule has 0 amide bonds. The first-order valence-electron chi connectivity index (χ1n) is 6.61. The number of pyridine rings is 2. The molecule has 98 valence electrons. The molecule has 0 saturated heterocycles. The average molecular weight is 262 g/mol. The van der Waals surface area contributed by atoms with Crippen LogP contribution in [0.2, 0.25) is 0 Å². The van der Waals surface area contributed by atoms with E-state index in [1.165, 1.54) is 0 Å². The van der Waals surface area contributed by atoms with Crippen molar-refractivity contribution in [3.63, 3.8) is 0 Å². The van der Waals surface area contributed by atoms with Gasteiger partial charge < -0.3 is 0 Å². The van der Waals surface area contributed by atoms with E-state index in [0.29, 0.717) is 0 Å². The van der Waals surface area contributed by atoms with Gasteiger partial charge in [0.15, 0.2) is 5.78 Å². The van der Waals surface area contributed by atoms with Crippen LogP contribution in [0.3, 0.4) is 0 Å². The van der Waals surface area contributed by atoms with E-state index >= 15 is 0 Å². The highest BCUT2D eigenvalue weighted by atomic mass is 16.1. The minimum Gasteiger partial charge on any atom is -0.289 e. The van der Waals surface area contributed by atoms with Crippen molar-refractivity contribution in [3.05, 3.63) is 71.3 Å². The first-order chi connectivity index (χ1) is 9.83. The Balaban J connectivity index is 1.85. The zero-order valence-corrected chi connectivity index (χ0v) is 11.0. The summed E-state index contributed by atoms with van der Waals surface area (Å²) in [6, 6.07) is 11.4. The Hall–Kier alpha value is -2.55. The van der Waals surface area contributed by atoms with Crippen LogP contribution in [0.25, 0.3) is 12.2 Å². The van der Waals surface area contributed by atoms with E-state index in [1.807, 2.05) is 48.6 Å². The van der Waals surface area contributed by atoms with Crippen molar-refractivity contribution < 1.29 is 4.79 Å². The molecule has 2 heterocycles. The van der Waals surface area contributed by atoms with Crippen LogP contribution in [0, 0.1) is 0 Å². The van der Waals surface area contributed by atoms with Gasteiger partial charge in [-0.05, 0) is 49.3 Å². The van der Waals surface area contributed by atoms with Crippen molar-refractivity contribution in [2.24, 2.45) is 0 Å². The number of aromatic nitrogens is 2. The summed E-state index contributed by atoms with van der Waals surface area (Å²) in [5.41, 5.74) is 3.31. The maximum atomic E-state index is 12.3. The largest absolute Gasteiger partial charge is 0.289 e. The molecule has 0 bridgehead atoms. The molecule has 1 aliphatic carbocycles. The predicted octanol–water partition coefficient (Wildman–Crippen LogP) is 3.31. The summed E-state index contributed by atoms with van der Waals surface area (Å²) < 4.78 is 0. The Morgan fingerprint density at radius 2 is 1.30 bits per heavy atom. The molecule has 20 heavy (non-hydrogen) atoms. The Morgan fingerprint density at radius 3 is 1.70 bits per heavy atom. The third kappa shape index (κ3) is 2.72. The van der Waals surface area contributed by atoms with Crippen LogP contribution in [0.1, 0.15) is 24.2 Å². The summed E-state index contributed by atoms with van der Waals surface area (Å²) in [5, 5.41) is 0. The minimum absolute atomic E-state index is 0.112. The van der Waals surface area contributed by atoms with Gasteiger partial charge >= 0.3 is 0 Å². The topological polar surface area (TPSA) is 42.9 Å². The van der Waals surface area contributed by atoms with Gasteiger partial charge in [-0.3, -0.25) is 14.8 Å². The minimum atomic E-state index is 0.112. The lowest BCUT2D eigenvalue weighted by Gasteiger charge is -1.96. The van der Waals surface area contributed by atoms with E-state index in [-0.39, 0.29) is 5.78 Å². The molecule has 3 heteroatoms. The zero-order valence-electron chi connectivity index (χ0n) is 11.0. The fraction of sp³-hybridized carbons (Fsp3) is 0.118. The highest BCUT2D eigenvalue weighted by Crippen LogP contribution is 2.28. The first kappa shape index (κ1) is 12.5. The Morgan fingerprint density at radius 1 is 0.800 bits per heavy atom. The molecular weight excluding hydrogens is 248 g/mol. The Bertz CT molecular complexity index is 613. The normalized spacial score (nSPS) is 18.9. The summed E-state index contributed by atoms with van der Waals surface area (Å²) in [6.07, 6.45) is 8.76. The van der Waals surface area contributed by atoms with Gasteiger partial charge in [-0.1, -0.05) is 12.1 Å². The lowest BCUT2D eigenvalue weighted by Crippen LogP contribution is -1.96. The van der Waals surface area contributed by atoms with E-state index in [0.717, 1.165) is 35.4 Å². The van der Waals surface area contributed by atoms with Gasteiger partial charge in [-0.25, -0.2) is 0 Å². The highest BCUT2D eigenvalue weighted by Gasteiger charge is 2.23. The lowest BCUT2D eigenvalue weighted by molar-refractivity contribution is -0.111. The molecule has 1 fully saturated rings. The number of hydrogen-bond donors (Lipinski definition) is 0. The van der Waals surface area contributed by atoms with Crippen LogP contribution in [0.4, 0.5) is 0 Å². The summed E-state index contributed by atoms with van der Waals surface area (Å²) >= 11 is 0. The monoisotopic (exact) mass is 262 g/mol. The van der Waals surface area contributed by atoms with Gasteiger partial charge in [-0.15, -0.1) is 0 Å². The fourth-order valence-corrected chi connectivity index (χ4v) is 2.26. The number of carbonyl (C=O) groups excluding carboxylic acids is 1. The summed E-state index contributed by atoms with van der Waals surface area (Å²) in [7, 11) is 0. The van der Waals surface area contributed by atoms with Crippen molar-refractivity contribution in [1.29, 1.82) is 0 Å². The van der Waals surface area contributed by atoms with Gasteiger partial charge in [0.1, 0.15) is 0 Å². The zero-order chi connectivity index (χ0) is 13.8. The summed E-state index contributed by atoms with van der Waals surface area (Å²) in [5.74, 6) is 0.112. The van der Waals surface area contributed by atoms with Crippen LogP contribution in [-0.4, -0.2) is 15.8 Å². The highest BCUT2D eigenvalue weighted by molar-refractivity contribution is 6.15. The molecule has 0 spiro atoms. The van der Waals surface area contributed by atoms with Gasteiger partial charge in [0.25, 0.3) is 0 Å². The molecule has 0 radical (unpaired) electrons. The lowest BCUT2D eigenvalue weighted by atomic mass is 10.1. The predicted molar refractivity (Wildman–Crippen MR) is 78.7 cm³/mol. The van der Waals surface area contributed by atoms with Gasteiger partial charge in [0, 0.05) is 23.5 Å². The third-order valence-corrected chi connectivity index (χ3v) is 3.27. The van der Waals surface area contributed by atoms with E-state index in [2.05, 4.69) is 9.97 Å². The number of Topliss-reactive ketones (excluding diaryl/α,β-unsaturated/α-hetero) is 1. The fourth-order valence-electron chi connectivity index (χ4n) is 2.26. The number of allylic oxidation sites excluding steroid dienone is 2. The molecule has 0 atom stereocenters. The summed E-state index contributed by atoms with van der Waals surface area (Å²) in [6.45, 7) is 0. The van der Waals surface area contributed by atoms with Crippen molar-refractivity contribution in [2.45, 2.75) is 12.8 Å². The molecule has 0 unspecified atom stereocenters. The summed E-state index contributed by atoms with van der Waals surface area (Å²) in [4.78, 5) is 20.8. The molecule has 0 aliphatic heterocycles. The van der Waals surface area contributed by atoms with Crippen LogP contribution < -0.4 is 0 Å². The van der Waals surface area contributed by atoms with Crippen molar-refractivity contribution in [2.75, 3.05) is 0 Å². The molecule has 1 saturated carbocycles. The number of nitrogens with zero attached hydrogens (tertiary/aromatic N) is 2. The van der Waals surface area contributed by atoms with Gasteiger partial charge in [0.2, 0.25) is 0 Å². The van der Waals surface area contributed by atoms with Crippen molar-refractivity contribution in [3.8, 4) is 0 Å². The van der Waals surface area contributed by atoms with E-state index in [1.54, 1.807) is 12.4 Å². The van der Waals surface area contributed by atoms with E-state index < -0.39 is 0 Å². The molecule has 3 rings (SSSR count). The second kappa shape index (κ2) is 5.61. The quantitative estimate of drug-likeness (QED) is 0.780. The molecule has 0 aromatic carbocycles. The maximum absolute atomic E-state index is 12.3. The Kier molecular flexibility index (Phi) is 3.50. The number of carbonyl (C=O) groups is 1. The average Bonchev–Trinajstić information content (AvgIpc) is 2.83. The number of hydrogen-bond acceptors (Lipinski definition) is 3. The van der Waals surface area contributed by atoms with Crippen LogP contribution >= 0.6 is 0 Å². The second-order valence-corrected chi connectivity index (χ2v) is 4.68. The molecule has 2 aromatic rings. The van der Waals surface area contributed by atoms with Crippen LogP contribution in [0.15, 0.2) is 59.9 Å². The molecule has 1 aliphatic rings. The molecule has 0 N–H and O–H groups in total. The molecular formula is C17H14N2O. The first-order valence-corrected chi connectivity index (χ1v) is 6.61. The number of ketones is 1. The molecule has 3 nitrogen and oxygen atoms in total. The standard InChI is InChI=1S/C17H14N2O/c20-17-13(11-15-5-1-3-9-18-15)7-8-14(17)12-16-6-2-4-10-19-16/h1-6,9-12H,7-8H2/b13-11+,14-12+. The van der Waals surface area contributed by atoms with Crippen molar-refractivity contribution >= 4 is 17.9 Å². The number of rotatable bonds is 2. The van der Waals surface area contributed by atoms with Gasteiger partial charge in [0.05, 0.1) is 11.4 Å². The maximum Gasteiger partial charge on any atom is 0.185 e. The second-order valence-electron chi connectivity index (χ2n) is 4.68. The van der Waals surface area contributed by atoms with E-state index in [9.17, 15) is 4.79 Å². The smallest absolute Gasteiger partial charge is 0.185 e. The third-order valence-electron chi connectivity index (χ3n) is 3.27. The van der Waals surface area contributed by atoms with E-state index in [4.69, 9.17) is 0 Å². The van der Waals surface area contributed by atoms with Crippen LogP contribution in [-0.2, 0) is 4.79 Å².